The molecule has 4 aliphatic heterocycles. The molecule has 0 bridgehead atoms. The SMILES string of the molecule is CN(C)CCC(=O)Nc1ccc2c(c1)Cc1cccc(-c3cc(N4CCOCC4)cc(=O)[nH]3)c1O2.CN(C)CCCNc1ccc2c(c1)Cc1cccc(-c3cc(N4CCOCC4)cc(=O)[nH]3)c1O2. The molecule has 2 aromatic heterocycles. The van der Waals surface area contributed by atoms with Crippen molar-refractivity contribution >= 4 is 28.7 Å². The van der Waals surface area contributed by atoms with Crippen molar-refractivity contribution in [3.05, 3.63) is 140 Å². The number of para-hydroxylation sites is 2. The molecular weight excluding hydrogens is 873 g/mol. The van der Waals surface area contributed by atoms with Crippen molar-refractivity contribution in [2.24, 2.45) is 0 Å². The molecule has 6 heterocycles. The fourth-order valence-corrected chi connectivity index (χ4v) is 9.10. The van der Waals surface area contributed by atoms with E-state index in [1.54, 1.807) is 12.1 Å². The van der Waals surface area contributed by atoms with E-state index in [2.05, 4.69) is 67.6 Å². The van der Waals surface area contributed by atoms with Crippen molar-refractivity contribution in [2.75, 3.05) is 121 Å². The number of hydrogen-bond acceptors (Lipinski definition) is 12. The first kappa shape index (κ1) is 47.2. The van der Waals surface area contributed by atoms with Crippen LogP contribution in [0.4, 0.5) is 22.7 Å². The molecule has 6 aromatic rings. The van der Waals surface area contributed by atoms with Gasteiger partial charge in [0.05, 0.1) is 37.8 Å². The molecule has 1 amide bonds. The zero-order valence-electron chi connectivity index (χ0n) is 40.0. The average molecular weight is 935 g/mol. The third kappa shape index (κ3) is 11.7. The van der Waals surface area contributed by atoms with Gasteiger partial charge in [-0.2, -0.15) is 0 Å². The number of aromatic amines is 2. The van der Waals surface area contributed by atoms with Crippen LogP contribution in [0.3, 0.4) is 0 Å². The molecule has 360 valence electrons. The van der Waals surface area contributed by atoms with Crippen LogP contribution in [-0.2, 0) is 27.1 Å². The van der Waals surface area contributed by atoms with E-state index in [-0.39, 0.29) is 17.0 Å². The zero-order chi connectivity index (χ0) is 47.9. The summed E-state index contributed by atoms with van der Waals surface area (Å²) in [7, 11) is 8.08. The number of H-pyrrole nitrogens is 2. The number of fused-ring (bicyclic) bond motifs is 4. The molecule has 4 N–H and O–H groups in total. The van der Waals surface area contributed by atoms with Crippen LogP contribution in [0.5, 0.6) is 23.0 Å². The summed E-state index contributed by atoms with van der Waals surface area (Å²) >= 11 is 0. The fraction of sp³-hybridized carbons (Fsp3) is 0.352. The van der Waals surface area contributed by atoms with Gasteiger partial charge in [-0.3, -0.25) is 14.4 Å². The molecular formula is C54H62N8O7. The second-order valence-corrected chi connectivity index (χ2v) is 18.4. The molecule has 15 nitrogen and oxygen atoms in total. The van der Waals surface area contributed by atoms with E-state index >= 15 is 0 Å². The Kier molecular flexibility index (Phi) is 14.8. The minimum atomic E-state index is -0.146. The van der Waals surface area contributed by atoms with Crippen LogP contribution in [-0.4, -0.2) is 126 Å². The number of nitrogens with zero attached hydrogens (tertiary/aromatic N) is 4. The first-order valence-corrected chi connectivity index (χ1v) is 23.9. The Balaban J connectivity index is 0.000000172. The summed E-state index contributed by atoms with van der Waals surface area (Å²) in [6.07, 6.45) is 3.00. The lowest BCUT2D eigenvalue weighted by atomic mass is 9.96. The van der Waals surface area contributed by atoms with Gasteiger partial charge in [0, 0.05) is 116 Å². The Morgan fingerprint density at radius 2 is 1.09 bits per heavy atom. The maximum Gasteiger partial charge on any atom is 0.250 e. The molecule has 0 aliphatic carbocycles. The van der Waals surface area contributed by atoms with Gasteiger partial charge >= 0.3 is 0 Å². The number of amides is 1. The molecule has 0 spiro atoms. The van der Waals surface area contributed by atoms with Gasteiger partial charge in [-0.1, -0.05) is 24.3 Å². The highest BCUT2D eigenvalue weighted by Crippen LogP contribution is 2.45. The Labute approximate surface area is 403 Å². The normalized spacial score (nSPS) is 14.9. The lowest BCUT2D eigenvalue weighted by Crippen LogP contribution is -2.36. The highest BCUT2D eigenvalue weighted by molar-refractivity contribution is 5.91. The van der Waals surface area contributed by atoms with Crippen molar-refractivity contribution in [2.45, 2.75) is 25.7 Å². The number of rotatable bonds is 13. The smallest absolute Gasteiger partial charge is 0.250 e. The molecule has 2 fully saturated rings. The van der Waals surface area contributed by atoms with Gasteiger partial charge in [-0.15, -0.1) is 0 Å². The van der Waals surface area contributed by atoms with E-state index < -0.39 is 0 Å². The molecule has 0 saturated carbocycles. The Hall–Kier alpha value is -6.91. The number of pyridine rings is 2. The Morgan fingerprint density at radius 1 is 0.594 bits per heavy atom. The summed E-state index contributed by atoms with van der Waals surface area (Å²) in [6.45, 7) is 8.44. The molecule has 4 aromatic carbocycles. The summed E-state index contributed by atoms with van der Waals surface area (Å²) in [5.41, 5.74) is 11.0. The molecule has 15 heteroatoms. The monoisotopic (exact) mass is 934 g/mol. The lowest BCUT2D eigenvalue weighted by molar-refractivity contribution is -0.116. The predicted octanol–water partition coefficient (Wildman–Crippen LogP) is 7.40. The zero-order valence-corrected chi connectivity index (χ0v) is 40.0. The fourth-order valence-electron chi connectivity index (χ4n) is 9.10. The van der Waals surface area contributed by atoms with E-state index in [4.69, 9.17) is 18.9 Å². The third-order valence-electron chi connectivity index (χ3n) is 12.7. The highest BCUT2D eigenvalue weighted by atomic mass is 16.5. The number of carbonyl (C=O) groups excluding carboxylic acids is 1. The van der Waals surface area contributed by atoms with Gasteiger partial charge in [0.1, 0.15) is 23.0 Å². The summed E-state index contributed by atoms with van der Waals surface area (Å²) in [6, 6.07) is 31.5. The second kappa shape index (κ2) is 21.6. The van der Waals surface area contributed by atoms with Gasteiger partial charge < -0.3 is 59.1 Å². The number of nitrogens with one attached hydrogen (secondary N) is 4. The summed E-state index contributed by atoms with van der Waals surface area (Å²) in [5.74, 6) is 3.17. The van der Waals surface area contributed by atoms with Gasteiger partial charge in [-0.25, -0.2) is 0 Å². The summed E-state index contributed by atoms with van der Waals surface area (Å²) in [5, 5.41) is 6.50. The Bertz CT molecular complexity index is 2900. The molecule has 0 atom stereocenters. The molecule has 2 saturated heterocycles. The average Bonchev–Trinajstić information content (AvgIpc) is 3.35. The summed E-state index contributed by atoms with van der Waals surface area (Å²) < 4.78 is 23.7. The minimum absolute atomic E-state index is 0.0119. The van der Waals surface area contributed by atoms with Crippen LogP contribution < -0.4 is 41.0 Å². The van der Waals surface area contributed by atoms with E-state index in [0.29, 0.717) is 45.8 Å². The minimum Gasteiger partial charge on any atom is -0.456 e. The molecule has 0 radical (unpaired) electrons. The van der Waals surface area contributed by atoms with E-state index in [9.17, 15) is 14.4 Å². The van der Waals surface area contributed by atoms with Crippen molar-refractivity contribution in [1.29, 1.82) is 0 Å². The van der Waals surface area contributed by atoms with Crippen LogP contribution in [0, 0.1) is 0 Å². The van der Waals surface area contributed by atoms with Gasteiger partial charge in [-0.05, 0) is 113 Å². The maximum absolute atomic E-state index is 12.5. The number of benzene rings is 4. The van der Waals surface area contributed by atoms with Gasteiger partial charge in [0.2, 0.25) is 17.0 Å². The van der Waals surface area contributed by atoms with Crippen molar-refractivity contribution < 1.29 is 23.7 Å². The predicted molar refractivity (Wildman–Crippen MR) is 273 cm³/mol. The molecule has 10 rings (SSSR count). The largest absolute Gasteiger partial charge is 0.456 e. The van der Waals surface area contributed by atoms with Crippen LogP contribution in [0.1, 0.15) is 35.1 Å². The van der Waals surface area contributed by atoms with Crippen LogP contribution in [0.25, 0.3) is 22.5 Å². The van der Waals surface area contributed by atoms with E-state index in [1.807, 2.05) is 85.7 Å². The first-order chi connectivity index (χ1) is 33.5. The topological polar surface area (TPSA) is 157 Å². The first-order valence-electron chi connectivity index (χ1n) is 23.9. The number of hydrogen-bond donors (Lipinski definition) is 4. The highest BCUT2D eigenvalue weighted by Gasteiger charge is 2.25. The Morgan fingerprint density at radius 3 is 1.59 bits per heavy atom. The quantitative estimate of drug-likeness (QED) is 0.0852. The molecule has 0 unspecified atom stereocenters. The number of aromatic nitrogens is 2. The van der Waals surface area contributed by atoms with Crippen molar-refractivity contribution in [3.63, 3.8) is 0 Å². The standard InChI is InChI=1S/C27H30N4O4.C27H32N4O3/c1-30(2)9-8-25(32)28-20-6-7-24-19(15-20)14-18-4-3-5-22(27(18)35-24)23-16-21(17-26(33)29-23)31-10-12-34-13-11-31;1-30(2)10-4-9-28-21-7-8-25-20(16-21)15-19-5-3-6-23(27(19)34-25)24-17-22(18-26(32)29-24)31-11-13-33-14-12-31/h3-7,15-17H,8-14H2,1-2H3,(H,28,32)(H,29,33);3,5-8,16-18,28H,4,9-15H2,1-2H3,(H,29,32). The van der Waals surface area contributed by atoms with Crippen molar-refractivity contribution in [3.8, 4) is 45.5 Å². The second-order valence-electron chi connectivity index (χ2n) is 18.4. The molecule has 69 heavy (non-hydrogen) atoms. The van der Waals surface area contributed by atoms with Gasteiger partial charge in [0.25, 0.3) is 0 Å². The maximum atomic E-state index is 12.5. The van der Waals surface area contributed by atoms with Gasteiger partial charge in [0.15, 0.2) is 0 Å². The van der Waals surface area contributed by atoms with Crippen LogP contribution in [0.2, 0.25) is 0 Å². The van der Waals surface area contributed by atoms with Crippen LogP contribution in [0.15, 0.2) is 107 Å². The lowest BCUT2D eigenvalue weighted by Gasteiger charge is -2.29. The van der Waals surface area contributed by atoms with Crippen molar-refractivity contribution in [1.82, 2.24) is 19.8 Å². The van der Waals surface area contributed by atoms with Crippen LogP contribution >= 0.6 is 0 Å². The number of morpholine rings is 2. The number of ether oxygens (including phenoxy) is 4. The van der Waals surface area contributed by atoms with E-state index in [0.717, 1.165) is 143 Å². The number of anilines is 4. The van der Waals surface area contributed by atoms with E-state index in [1.165, 1.54) is 0 Å². The number of carbonyl (C=O) groups is 1. The summed E-state index contributed by atoms with van der Waals surface area (Å²) in [4.78, 5) is 51.8. The third-order valence-corrected chi connectivity index (χ3v) is 12.7. The molecule has 4 aliphatic rings.